The predicted octanol–water partition coefficient (Wildman–Crippen LogP) is 0.113. The molecule has 1 heterocycles. The molecule has 2 aliphatic rings. The summed E-state index contributed by atoms with van der Waals surface area (Å²) in [6.45, 7) is 2.25. The van der Waals surface area contributed by atoms with Crippen LogP contribution in [0.15, 0.2) is 0 Å². The summed E-state index contributed by atoms with van der Waals surface area (Å²) in [5.74, 6) is 12.1. The summed E-state index contributed by atoms with van der Waals surface area (Å²) in [5.41, 5.74) is 0. The summed E-state index contributed by atoms with van der Waals surface area (Å²) in [5, 5.41) is 4.18. The van der Waals surface area contributed by atoms with Gasteiger partial charge in [-0.15, -0.1) is 36.8 Å². The molecule has 1 aliphatic heterocycles. The van der Waals surface area contributed by atoms with E-state index in [1.54, 1.807) is 0 Å². The molecule has 1 fully saturated rings. The van der Waals surface area contributed by atoms with Crippen molar-refractivity contribution in [1.82, 2.24) is 0 Å². The third-order valence-corrected chi connectivity index (χ3v) is 2.13. The van der Waals surface area contributed by atoms with Crippen LogP contribution in [0, 0.1) is 23.7 Å². The zero-order chi connectivity index (χ0) is 9.90. The first kappa shape index (κ1) is 18.4. The number of nitrogens with zero attached hydrogens (tertiary/aromatic N) is 1. The first-order valence-corrected chi connectivity index (χ1v) is 5.55. The molecule has 91 valence electrons. The molecule has 0 unspecified atom stereocenters. The van der Waals surface area contributed by atoms with Crippen LogP contribution >= 0.6 is 0 Å². The molecule has 0 aromatic carbocycles. The van der Waals surface area contributed by atoms with Crippen LogP contribution in [0.3, 0.4) is 0 Å². The molecule has 0 N–H and O–H groups in total. The van der Waals surface area contributed by atoms with E-state index >= 15 is 0 Å². The maximum atomic E-state index is 4.18. The van der Waals surface area contributed by atoms with Crippen LogP contribution < -0.4 is 12.4 Å². The Labute approximate surface area is 119 Å². The third kappa shape index (κ3) is 12.1. The first-order chi connectivity index (χ1) is 7.00. The molecule has 1 aliphatic carbocycles. The van der Waals surface area contributed by atoms with E-state index in [1.807, 2.05) is 0 Å². The summed E-state index contributed by atoms with van der Waals surface area (Å²) in [7, 11) is 0. The molecule has 0 amide bonds. The average Bonchev–Trinajstić information content (AvgIpc) is 2.20. The zero-order valence-electron chi connectivity index (χ0n) is 9.52. The quantitative estimate of drug-likeness (QED) is 0.443. The summed E-state index contributed by atoms with van der Waals surface area (Å²) in [6, 6.07) is 0. The largest absolute Gasteiger partial charge is 2.00 e. The van der Waals surface area contributed by atoms with Crippen molar-refractivity contribution in [2.75, 3.05) is 13.1 Å². The van der Waals surface area contributed by atoms with Crippen LogP contribution in [0.25, 0.3) is 5.32 Å². The Morgan fingerprint density at radius 2 is 1.00 bits per heavy atom. The van der Waals surface area contributed by atoms with E-state index < -0.39 is 0 Å². The second kappa shape index (κ2) is 15.0. The molecule has 0 saturated carbocycles. The zero-order valence-corrected chi connectivity index (χ0v) is 11.9. The second-order valence-corrected chi connectivity index (χ2v) is 3.44. The van der Waals surface area contributed by atoms with Crippen molar-refractivity contribution in [2.24, 2.45) is 0 Å². The molecular weight excluding hydrogens is 309 g/mol. The van der Waals surface area contributed by atoms with Gasteiger partial charge in [-0.2, -0.15) is 0 Å². The van der Waals surface area contributed by atoms with Crippen LogP contribution in [0.4, 0.5) is 0 Å². The van der Waals surface area contributed by atoms with Crippen molar-refractivity contribution in [2.45, 2.75) is 44.9 Å². The Bertz CT molecular complexity index is 203. The number of piperidine rings is 1. The van der Waals surface area contributed by atoms with Crippen molar-refractivity contribution in [3.63, 3.8) is 0 Å². The van der Waals surface area contributed by atoms with Crippen LogP contribution in [0.2, 0.25) is 0 Å². The molecule has 16 heavy (non-hydrogen) atoms. The van der Waals surface area contributed by atoms with E-state index in [4.69, 9.17) is 0 Å². The van der Waals surface area contributed by atoms with Gasteiger partial charge in [0.2, 0.25) is 0 Å². The Balaban J connectivity index is 0. The molecule has 2 rings (SSSR count). The van der Waals surface area contributed by atoms with E-state index in [9.17, 15) is 0 Å². The fourth-order valence-electron chi connectivity index (χ4n) is 1.34. The normalized spacial score (nSPS) is 17.0. The minimum absolute atomic E-state index is 0. The summed E-state index contributed by atoms with van der Waals surface area (Å²) >= 11 is 0. The van der Waals surface area contributed by atoms with Gasteiger partial charge in [-0.05, 0) is 0 Å². The fraction of sp³-hybridized carbons (Fsp3) is 0.692. The molecule has 3 heteroatoms. The van der Waals surface area contributed by atoms with Crippen LogP contribution in [-0.2, 0) is 19.5 Å². The molecule has 0 aromatic rings. The van der Waals surface area contributed by atoms with Gasteiger partial charge in [0, 0.05) is 25.7 Å². The number of halogens is 1. The number of hydrogen-bond donors (Lipinski definition) is 0. The van der Waals surface area contributed by atoms with Crippen LogP contribution in [0.1, 0.15) is 44.9 Å². The maximum Gasteiger partial charge on any atom is 2.00 e. The minimum atomic E-state index is 0. The van der Waals surface area contributed by atoms with Crippen molar-refractivity contribution < 1.29 is 31.9 Å². The van der Waals surface area contributed by atoms with Crippen LogP contribution in [0.5, 0.6) is 0 Å². The van der Waals surface area contributed by atoms with Gasteiger partial charge in [0.15, 0.2) is 0 Å². The molecule has 1 radical (unpaired) electrons. The van der Waals surface area contributed by atoms with Gasteiger partial charge in [0.1, 0.15) is 0 Å². The topological polar surface area (TPSA) is 14.1 Å². The Kier molecular flexibility index (Phi) is 17.2. The predicted molar refractivity (Wildman–Crippen MR) is 61.0 cm³/mol. The minimum Gasteiger partial charge on any atom is -1.00 e. The van der Waals surface area contributed by atoms with Gasteiger partial charge in [-0.25, -0.2) is 0 Å². The second-order valence-electron chi connectivity index (χ2n) is 3.44. The summed E-state index contributed by atoms with van der Waals surface area (Å²) < 4.78 is 0. The van der Waals surface area contributed by atoms with Gasteiger partial charge >= 0.3 is 19.5 Å². The monoisotopic (exact) mass is 326 g/mol. The third-order valence-electron chi connectivity index (χ3n) is 2.13. The molecule has 0 atom stereocenters. The van der Waals surface area contributed by atoms with E-state index in [2.05, 4.69) is 29.0 Å². The van der Waals surface area contributed by atoms with E-state index in [1.165, 1.54) is 19.3 Å². The smallest absolute Gasteiger partial charge is 1.00 e. The van der Waals surface area contributed by atoms with Gasteiger partial charge in [0.25, 0.3) is 0 Å². The first-order valence-electron chi connectivity index (χ1n) is 5.55. The fourth-order valence-corrected chi connectivity index (χ4v) is 1.34. The standard InChI is InChI=1S/C8H8.C5H10N.ClH.Rh/c1-2-4-6-8-7-5-3-1;1-2-4-6-5-3-1;;/h1-2,7-8H2;1-5H2;1H;/q;-1;;+2/p-1. The van der Waals surface area contributed by atoms with Gasteiger partial charge in [-0.1, -0.05) is 19.3 Å². The van der Waals surface area contributed by atoms with Crippen molar-refractivity contribution in [3.05, 3.63) is 5.32 Å². The number of hydrogen-bond acceptors (Lipinski definition) is 0. The molecular formula is C13H18ClNRh. The van der Waals surface area contributed by atoms with Gasteiger partial charge in [0.05, 0.1) is 0 Å². The molecule has 1 nitrogen and oxygen atoms in total. The Hall–Kier alpha value is -0.00662. The van der Waals surface area contributed by atoms with Crippen LogP contribution in [-0.4, -0.2) is 13.1 Å². The Morgan fingerprint density at radius 1 is 0.625 bits per heavy atom. The number of rotatable bonds is 0. The van der Waals surface area contributed by atoms with E-state index in [0.717, 1.165) is 38.8 Å². The Morgan fingerprint density at radius 3 is 1.19 bits per heavy atom. The molecule has 0 bridgehead atoms. The summed E-state index contributed by atoms with van der Waals surface area (Å²) in [4.78, 5) is 0. The SMILES string of the molecule is C1#CCCC#CCC1.C1CC[N-]CC1.[Cl-].[Rh+2]. The average molecular weight is 327 g/mol. The van der Waals surface area contributed by atoms with E-state index in [0.29, 0.717) is 0 Å². The molecule has 1 saturated heterocycles. The molecule has 0 spiro atoms. The maximum absolute atomic E-state index is 4.18. The molecule has 0 aromatic heterocycles. The van der Waals surface area contributed by atoms with Crippen molar-refractivity contribution in [3.8, 4) is 23.7 Å². The van der Waals surface area contributed by atoms with E-state index in [-0.39, 0.29) is 31.9 Å². The summed E-state index contributed by atoms with van der Waals surface area (Å²) in [6.07, 6.45) is 7.93. The van der Waals surface area contributed by atoms with Crippen molar-refractivity contribution in [1.29, 1.82) is 0 Å². The van der Waals surface area contributed by atoms with Gasteiger partial charge in [-0.3, -0.25) is 0 Å². The van der Waals surface area contributed by atoms with Crippen molar-refractivity contribution >= 4 is 0 Å². The van der Waals surface area contributed by atoms with Gasteiger partial charge < -0.3 is 17.7 Å².